The fourth-order valence-electron chi connectivity index (χ4n) is 3.38. The summed E-state index contributed by atoms with van der Waals surface area (Å²) in [6, 6.07) is 12.0. The van der Waals surface area contributed by atoms with Crippen LogP contribution in [0.15, 0.2) is 48.8 Å². The van der Waals surface area contributed by atoms with E-state index in [-0.39, 0.29) is 11.8 Å². The van der Waals surface area contributed by atoms with E-state index in [1.165, 1.54) is 5.56 Å². The van der Waals surface area contributed by atoms with Gasteiger partial charge < -0.3 is 10.2 Å². The monoisotopic (exact) mass is 381 g/mol. The average Bonchev–Trinajstić information content (AvgIpc) is 3.40. The van der Waals surface area contributed by atoms with Crippen LogP contribution in [0.5, 0.6) is 0 Å². The van der Waals surface area contributed by atoms with Crippen LogP contribution in [0.1, 0.15) is 25.3 Å². The van der Waals surface area contributed by atoms with E-state index >= 15 is 0 Å². The second kappa shape index (κ2) is 7.92. The molecule has 4 rings (SSSR count). The van der Waals surface area contributed by atoms with Crippen molar-refractivity contribution in [3.63, 3.8) is 0 Å². The van der Waals surface area contributed by atoms with Crippen LogP contribution >= 0.6 is 11.3 Å². The molecule has 3 aromatic rings. The number of hydrogen-bond acceptors (Lipinski definition) is 5. The summed E-state index contributed by atoms with van der Waals surface area (Å²) in [5, 5.41) is 13.4. The Morgan fingerprint density at radius 2 is 2.04 bits per heavy atom. The van der Waals surface area contributed by atoms with E-state index in [1.54, 1.807) is 11.3 Å². The summed E-state index contributed by atoms with van der Waals surface area (Å²) in [5.74, 6) is 0.0473. The first-order valence-electron chi connectivity index (χ1n) is 9.34. The summed E-state index contributed by atoms with van der Waals surface area (Å²) in [7, 11) is 0. The van der Waals surface area contributed by atoms with Gasteiger partial charge in [-0.05, 0) is 49.1 Å². The molecule has 0 radical (unpaired) electrons. The molecule has 140 valence electrons. The Morgan fingerprint density at radius 1 is 1.22 bits per heavy atom. The Balaban J connectivity index is 1.42. The van der Waals surface area contributed by atoms with Crippen molar-refractivity contribution in [2.45, 2.75) is 26.2 Å². The first-order chi connectivity index (χ1) is 13.2. The molecule has 0 saturated carbocycles. The van der Waals surface area contributed by atoms with Crippen molar-refractivity contribution < 1.29 is 4.79 Å². The Hall–Kier alpha value is -2.67. The van der Waals surface area contributed by atoms with Crippen molar-refractivity contribution in [3.05, 3.63) is 54.4 Å². The maximum absolute atomic E-state index is 12.8. The molecule has 7 heteroatoms. The van der Waals surface area contributed by atoms with Gasteiger partial charge in [-0.15, -0.1) is 10.2 Å². The van der Waals surface area contributed by atoms with Gasteiger partial charge in [-0.1, -0.05) is 30.4 Å². The number of amides is 1. The van der Waals surface area contributed by atoms with Gasteiger partial charge in [-0.25, -0.2) is 0 Å². The average molecular weight is 382 g/mol. The van der Waals surface area contributed by atoms with Crippen LogP contribution in [0.4, 0.5) is 10.8 Å². The first kappa shape index (κ1) is 17.7. The molecule has 1 aliphatic rings. The van der Waals surface area contributed by atoms with Gasteiger partial charge in [0.25, 0.3) is 0 Å². The summed E-state index contributed by atoms with van der Waals surface area (Å²) >= 11 is 1.55. The highest BCUT2D eigenvalue weighted by atomic mass is 32.1. The van der Waals surface area contributed by atoms with Crippen molar-refractivity contribution in [1.82, 2.24) is 14.8 Å². The number of aryl methyl sites for hydroxylation is 1. The number of carbonyl (C=O) groups excluding carboxylic acids is 1. The van der Waals surface area contributed by atoms with Gasteiger partial charge in [0, 0.05) is 31.2 Å². The minimum absolute atomic E-state index is 0.0389. The number of aromatic nitrogens is 3. The number of carbonyl (C=O) groups is 1. The van der Waals surface area contributed by atoms with E-state index in [0.29, 0.717) is 6.54 Å². The minimum atomic E-state index is -0.0389. The van der Waals surface area contributed by atoms with E-state index in [0.717, 1.165) is 41.8 Å². The molecule has 1 aromatic carbocycles. The van der Waals surface area contributed by atoms with Crippen LogP contribution in [-0.2, 0) is 11.2 Å². The molecule has 6 nitrogen and oxygen atoms in total. The fourth-order valence-corrected chi connectivity index (χ4v) is 4.23. The lowest BCUT2D eigenvalue weighted by atomic mass is 9.97. The van der Waals surface area contributed by atoms with Gasteiger partial charge in [0.2, 0.25) is 16.2 Å². The number of nitrogens with zero attached hydrogens (tertiary/aromatic N) is 4. The van der Waals surface area contributed by atoms with Gasteiger partial charge in [0.1, 0.15) is 0 Å². The number of nitrogens with one attached hydrogen (secondary N) is 1. The molecule has 1 amide bonds. The molecule has 1 fully saturated rings. The molecule has 3 heterocycles. The molecule has 1 saturated heterocycles. The third-order valence-electron chi connectivity index (χ3n) is 4.89. The third-order valence-corrected chi connectivity index (χ3v) is 5.89. The highest BCUT2D eigenvalue weighted by Crippen LogP contribution is 2.28. The molecular formula is C20H23N5OS. The predicted molar refractivity (Wildman–Crippen MR) is 109 cm³/mol. The predicted octanol–water partition coefficient (Wildman–Crippen LogP) is 3.75. The zero-order chi connectivity index (χ0) is 18.6. The van der Waals surface area contributed by atoms with Crippen molar-refractivity contribution in [2.75, 3.05) is 23.3 Å². The number of benzene rings is 1. The molecule has 1 atom stereocenters. The Kier molecular flexibility index (Phi) is 5.20. The van der Waals surface area contributed by atoms with Crippen molar-refractivity contribution in [2.24, 2.45) is 5.92 Å². The smallest absolute Gasteiger partial charge is 0.229 e. The van der Waals surface area contributed by atoms with Crippen molar-refractivity contribution in [1.29, 1.82) is 0 Å². The molecule has 2 aromatic heterocycles. The van der Waals surface area contributed by atoms with Gasteiger partial charge in [0.05, 0.1) is 5.92 Å². The van der Waals surface area contributed by atoms with Crippen LogP contribution < -0.4 is 10.2 Å². The topological polar surface area (TPSA) is 63.1 Å². The minimum Gasteiger partial charge on any atom is -0.346 e. The highest BCUT2D eigenvalue weighted by Gasteiger charge is 2.28. The van der Waals surface area contributed by atoms with E-state index in [2.05, 4.69) is 33.4 Å². The lowest BCUT2D eigenvalue weighted by molar-refractivity contribution is -0.120. The van der Waals surface area contributed by atoms with Crippen LogP contribution in [-0.4, -0.2) is 33.8 Å². The molecule has 1 N–H and O–H groups in total. The third kappa shape index (κ3) is 4.03. The zero-order valence-corrected chi connectivity index (χ0v) is 16.2. The number of rotatable bonds is 5. The summed E-state index contributed by atoms with van der Waals surface area (Å²) in [4.78, 5) is 14.9. The van der Waals surface area contributed by atoms with Crippen molar-refractivity contribution in [3.8, 4) is 5.13 Å². The second-order valence-corrected chi connectivity index (χ2v) is 7.72. The fraction of sp³-hybridized carbons (Fsp3) is 0.350. The lowest BCUT2D eigenvalue weighted by Crippen LogP contribution is -2.40. The largest absolute Gasteiger partial charge is 0.346 e. The summed E-state index contributed by atoms with van der Waals surface area (Å²) < 4.78 is 1.95. The number of anilines is 2. The molecule has 0 bridgehead atoms. The molecular weight excluding hydrogens is 358 g/mol. The zero-order valence-electron chi connectivity index (χ0n) is 15.3. The van der Waals surface area contributed by atoms with E-state index in [1.807, 2.05) is 47.3 Å². The SMILES string of the molecule is CCc1cccc(NC(=O)C2CCCN(c3nnc(-n4cccc4)s3)C2)c1. The quantitative estimate of drug-likeness (QED) is 0.731. The van der Waals surface area contributed by atoms with Crippen LogP contribution in [0.25, 0.3) is 5.13 Å². The molecule has 0 aliphatic carbocycles. The standard InChI is InChI=1S/C20H23N5OS/c1-2-15-7-5-9-17(13-15)21-18(26)16-8-6-12-25(14-16)20-23-22-19(27-20)24-10-3-4-11-24/h3-5,7,9-11,13,16H,2,6,8,12,14H2,1H3,(H,21,26). The van der Waals surface area contributed by atoms with Gasteiger partial charge in [0.15, 0.2) is 0 Å². The van der Waals surface area contributed by atoms with E-state index < -0.39 is 0 Å². The number of hydrogen-bond donors (Lipinski definition) is 1. The molecule has 1 aliphatic heterocycles. The van der Waals surface area contributed by atoms with Crippen LogP contribution in [0, 0.1) is 5.92 Å². The Morgan fingerprint density at radius 3 is 2.85 bits per heavy atom. The molecule has 1 unspecified atom stereocenters. The van der Waals surface area contributed by atoms with Crippen LogP contribution in [0.3, 0.4) is 0 Å². The van der Waals surface area contributed by atoms with E-state index in [4.69, 9.17) is 0 Å². The highest BCUT2D eigenvalue weighted by molar-refractivity contribution is 7.17. The molecule has 0 spiro atoms. The summed E-state index contributed by atoms with van der Waals surface area (Å²) in [6.45, 7) is 3.71. The van der Waals surface area contributed by atoms with Gasteiger partial charge >= 0.3 is 0 Å². The summed E-state index contributed by atoms with van der Waals surface area (Å²) in [6.07, 6.45) is 6.76. The lowest BCUT2D eigenvalue weighted by Gasteiger charge is -2.31. The first-order valence-corrected chi connectivity index (χ1v) is 10.2. The van der Waals surface area contributed by atoms with Gasteiger partial charge in [-0.2, -0.15) is 0 Å². The molecule has 27 heavy (non-hydrogen) atoms. The maximum Gasteiger partial charge on any atom is 0.229 e. The summed E-state index contributed by atoms with van der Waals surface area (Å²) in [5.41, 5.74) is 2.10. The second-order valence-electron chi connectivity index (χ2n) is 6.79. The maximum atomic E-state index is 12.8. The Bertz CT molecular complexity index is 905. The van der Waals surface area contributed by atoms with Gasteiger partial charge in [-0.3, -0.25) is 9.36 Å². The van der Waals surface area contributed by atoms with Crippen molar-refractivity contribution >= 4 is 28.1 Å². The number of piperidine rings is 1. The van der Waals surface area contributed by atoms with Crippen LogP contribution in [0.2, 0.25) is 0 Å². The van der Waals surface area contributed by atoms with E-state index in [9.17, 15) is 4.79 Å². The normalized spacial score (nSPS) is 17.1. The Labute approximate surface area is 162 Å².